The summed E-state index contributed by atoms with van der Waals surface area (Å²) in [7, 11) is 0. The van der Waals surface area contributed by atoms with E-state index in [-0.39, 0.29) is 18.3 Å². The van der Waals surface area contributed by atoms with Crippen LogP contribution in [0.25, 0.3) is 0 Å². The molecule has 2 rings (SSSR count). The van der Waals surface area contributed by atoms with Crippen LogP contribution in [-0.2, 0) is 9.53 Å². The van der Waals surface area contributed by atoms with E-state index in [1.807, 2.05) is 0 Å². The maximum atomic E-state index is 12.5. The number of carbonyl (C=O) groups is 3. The minimum Gasteiger partial charge on any atom is -0.462 e. The van der Waals surface area contributed by atoms with Gasteiger partial charge in [0, 0.05) is 0 Å². The third kappa shape index (κ3) is 4.67. The molecule has 1 aliphatic heterocycles. The normalized spacial score (nSPS) is 20.2. The van der Waals surface area contributed by atoms with Crippen LogP contribution in [0.4, 0.5) is 5.00 Å². The largest absolute Gasteiger partial charge is 0.462 e. The van der Waals surface area contributed by atoms with Gasteiger partial charge in [0.2, 0.25) is 0 Å². The molecule has 1 fully saturated rings. The molecule has 0 saturated carbocycles. The molecule has 0 aliphatic carbocycles. The van der Waals surface area contributed by atoms with Crippen LogP contribution in [0.2, 0.25) is 0 Å². The first-order chi connectivity index (χ1) is 11.8. The number of esters is 1. The third-order valence-electron chi connectivity index (χ3n) is 4.67. The van der Waals surface area contributed by atoms with Crippen LogP contribution in [-0.4, -0.2) is 43.4 Å². The summed E-state index contributed by atoms with van der Waals surface area (Å²) in [5.74, 6) is -0.757. The number of Topliss-reactive ketones (excluding diaryl/α,β-unsaturated/α-hetero) is 1. The van der Waals surface area contributed by atoms with Gasteiger partial charge in [-0.25, -0.2) is 4.79 Å². The predicted octanol–water partition coefficient (Wildman–Crippen LogP) is 1.83. The fourth-order valence-corrected chi connectivity index (χ4v) is 4.39. The topological polar surface area (TPSA) is 76.9 Å². The molecule has 1 saturated heterocycles. The highest BCUT2D eigenvalue weighted by molar-refractivity contribution is 7.18. The van der Waals surface area contributed by atoms with E-state index in [9.17, 15) is 14.4 Å². The van der Waals surface area contributed by atoms with Crippen molar-refractivity contribution in [3.05, 3.63) is 16.0 Å². The Hall–Kier alpha value is -1.73. The standard InChI is InChI=1S/C18H26N2O4S/c1-5-24-18(23)15-12(3)16(13(4)21)25-17(15)19-14(22)10-20-9-7-6-8-11(20)2/h11H,5-10H2,1-4H3,(H,19,22)/p+1/t11-/m0/s1. The second kappa shape index (κ2) is 8.58. The van der Waals surface area contributed by atoms with Gasteiger partial charge in [-0.3, -0.25) is 9.59 Å². The second-order valence-corrected chi connectivity index (χ2v) is 7.59. The number of carbonyl (C=O) groups excluding carboxylic acids is 3. The number of rotatable bonds is 6. The van der Waals surface area contributed by atoms with Crippen molar-refractivity contribution in [1.29, 1.82) is 0 Å². The maximum Gasteiger partial charge on any atom is 0.341 e. The fourth-order valence-electron chi connectivity index (χ4n) is 3.28. The summed E-state index contributed by atoms with van der Waals surface area (Å²) in [5, 5.41) is 3.25. The zero-order chi connectivity index (χ0) is 18.6. The summed E-state index contributed by atoms with van der Waals surface area (Å²) < 4.78 is 5.09. The minimum atomic E-state index is -0.502. The Balaban J connectivity index is 2.19. The quantitative estimate of drug-likeness (QED) is 0.594. The van der Waals surface area contributed by atoms with Crippen molar-refractivity contribution < 1.29 is 24.0 Å². The van der Waals surface area contributed by atoms with E-state index >= 15 is 0 Å². The molecule has 7 heteroatoms. The number of hydrogen-bond donors (Lipinski definition) is 2. The zero-order valence-electron chi connectivity index (χ0n) is 15.4. The molecule has 2 heterocycles. The number of nitrogens with one attached hydrogen (secondary N) is 2. The Kier molecular flexibility index (Phi) is 6.72. The molecule has 1 unspecified atom stereocenters. The number of thiophene rings is 1. The Morgan fingerprint density at radius 3 is 2.64 bits per heavy atom. The fraction of sp³-hybridized carbons (Fsp3) is 0.611. The monoisotopic (exact) mass is 367 g/mol. The smallest absolute Gasteiger partial charge is 0.341 e. The highest BCUT2D eigenvalue weighted by atomic mass is 32.1. The highest BCUT2D eigenvalue weighted by Crippen LogP contribution is 2.34. The first-order valence-corrected chi connectivity index (χ1v) is 9.62. The number of ketones is 1. The van der Waals surface area contributed by atoms with Crippen molar-refractivity contribution >= 4 is 34.0 Å². The lowest BCUT2D eigenvalue weighted by Crippen LogP contribution is -3.17. The van der Waals surface area contributed by atoms with Gasteiger partial charge in [-0.2, -0.15) is 0 Å². The summed E-state index contributed by atoms with van der Waals surface area (Å²) in [6.07, 6.45) is 3.47. The van der Waals surface area contributed by atoms with Gasteiger partial charge in [0.25, 0.3) is 5.91 Å². The van der Waals surface area contributed by atoms with Gasteiger partial charge in [0.1, 0.15) is 5.00 Å². The first-order valence-electron chi connectivity index (χ1n) is 8.81. The molecule has 138 valence electrons. The van der Waals surface area contributed by atoms with Gasteiger partial charge in [-0.05, 0) is 52.5 Å². The van der Waals surface area contributed by atoms with Crippen molar-refractivity contribution in [2.75, 3.05) is 25.0 Å². The van der Waals surface area contributed by atoms with Crippen molar-refractivity contribution in [3.63, 3.8) is 0 Å². The molecule has 25 heavy (non-hydrogen) atoms. The summed E-state index contributed by atoms with van der Waals surface area (Å²) in [6.45, 7) is 8.66. The molecule has 2 atom stereocenters. The Morgan fingerprint density at radius 1 is 1.32 bits per heavy atom. The van der Waals surface area contributed by atoms with Gasteiger partial charge >= 0.3 is 5.97 Å². The van der Waals surface area contributed by atoms with Crippen LogP contribution in [0.5, 0.6) is 0 Å². The van der Waals surface area contributed by atoms with Gasteiger partial charge in [-0.1, -0.05) is 0 Å². The van der Waals surface area contributed by atoms with E-state index in [2.05, 4.69) is 12.2 Å². The van der Waals surface area contributed by atoms with Crippen LogP contribution in [0, 0.1) is 6.92 Å². The molecular formula is C18H27N2O4S+. The Labute approximate surface area is 152 Å². The summed E-state index contributed by atoms with van der Waals surface area (Å²) in [5.41, 5.74) is 0.872. The van der Waals surface area contributed by atoms with Gasteiger partial charge in [0.05, 0.1) is 29.6 Å². The summed E-state index contributed by atoms with van der Waals surface area (Å²) in [6, 6.07) is 0.460. The molecule has 1 aromatic heterocycles. The average molecular weight is 367 g/mol. The number of likely N-dealkylation sites (tertiary alicyclic amines) is 1. The van der Waals surface area contributed by atoms with E-state index in [0.29, 0.717) is 33.6 Å². The molecule has 0 radical (unpaired) electrons. The van der Waals surface area contributed by atoms with Crippen LogP contribution >= 0.6 is 11.3 Å². The number of hydrogen-bond acceptors (Lipinski definition) is 5. The summed E-state index contributed by atoms with van der Waals surface area (Å²) in [4.78, 5) is 38.3. The van der Waals surface area contributed by atoms with Crippen molar-refractivity contribution in [3.8, 4) is 0 Å². The van der Waals surface area contributed by atoms with Crippen LogP contribution in [0.3, 0.4) is 0 Å². The number of amides is 1. The Bertz CT molecular complexity index is 668. The first kappa shape index (κ1) is 19.6. The molecule has 1 amide bonds. The van der Waals surface area contributed by atoms with E-state index in [4.69, 9.17) is 4.74 Å². The number of ether oxygens (including phenoxy) is 1. The second-order valence-electron chi connectivity index (χ2n) is 6.57. The molecule has 1 aromatic rings. The van der Waals surface area contributed by atoms with Crippen molar-refractivity contribution in [2.45, 2.75) is 53.0 Å². The predicted molar refractivity (Wildman–Crippen MR) is 97.7 cm³/mol. The number of anilines is 1. The van der Waals surface area contributed by atoms with Crippen LogP contribution < -0.4 is 10.2 Å². The molecule has 0 bridgehead atoms. The summed E-state index contributed by atoms with van der Waals surface area (Å²) >= 11 is 1.15. The average Bonchev–Trinajstić information content (AvgIpc) is 2.86. The lowest BCUT2D eigenvalue weighted by molar-refractivity contribution is -0.920. The molecule has 2 N–H and O–H groups in total. The van der Waals surface area contributed by atoms with Crippen molar-refractivity contribution in [2.24, 2.45) is 0 Å². The van der Waals surface area contributed by atoms with E-state index < -0.39 is 5.97 Å². The Morgan fingerprint density at radius 2 is 2.04 bits per heavy atom. The maximum absolute atomic E-state index is 12.5. The third-order valence-corrected chi connectivity index (χ3v) is 5.98. The van der Waals surface area contributed by atoms with E-state index in [1.54, 1.807) is 13.8 Å². The number of piperidine rings is 1. The van der Waals surface area contributed by atoms with E-state index in [1.165, 1.54) is 18.2 Å². The van der Waals surface area contributed by atoms with Crippen LogP contribution in [0.1, 0.15) is 65.6 Å². The zero-order valence-corrected chi connectivity index (χ0v) is 16.2. The van der Waals surface area contributed by atoms with Crippen molar-refractivity contribution in [1.82, 2.24) is 0 Å². The van der Waals surface area contributed by atoms with Gasteiger partial charge in [-0.15, -0.1) is 11.3 Å². The highest BCUT2D eigenvalue weighted by Gasteiger charge is 2.28. The molecule has 0 aromatic carbocycles. The minimum absolute atomic E-state index is 0.121. The number of quaternary nitrogens is 1. The van der Waals surface area contributed by atoms with Gasteiger partial charge in [0.15, 0.2) is 12.3 Å². The molecular weight excluding hydrogens is 340 g/mol. The van der Waals surface area contributed by atoms with E-state index in [0.717, 1.165) is 30.7 Å². The molecule has 1 aliphatic rings. The molecule has 0 spiro atoms. The SMILES string of the molecule is CCOC(=O)c1c(NC(=O)C[NH+]2CCCC[C@@H]2C)sc(C(C)=O)c1C. The van der Waals surface area contributed by atoms with Gasteiger partial charge < -0.3 is 15.0 Å². The van der Waals surface area contributed by atoms with Crippen LogP contribution in [0.15, 0.2) is 0 Å². The lowest BCUT2D eigenvalue weighted by atomic mass is 10.0. The lowest BCUT2D eigenvalue weighted by Gasteiger charge is -2.29. The molecule has 6 nitrogen and oxygen atoms in total.